The van der Waals surface area contributed by atoms with Gasteiger partial charge in [-0.05, 0) is 40.5 Å². The fraction of sp³-hybridized carbons (Fsp3) is 0.333. The molecular formula is C15H18BrN3O. The number of ether oxygens (including phenoxy) is 1. The van der Waals surface area contributed by atoms with Crippen molar-refractivity contribution in [1.29, 1.82) is 0 Å². The maximum Gasteiger partial charge on any atom is 0.131 e. The third-order valence-electron chi connectivity index (χ3n) is 3.04. The maximum atomic E-state index is 5.17. The van der Waals surface area contributed by atoms with Crippen LogP contribution in [0.2, 0.25) is 0 Å². The molecule has 0 saturated carbocycles. The molecule has 5 heteroatoms. The first-order valence-electron chi connectivity index (χ1n) is 6.56. The number of rotatable bonds is 5. The summed E-state index contributed by atoms with van der Waals surface area (Å²) in [4.78, 5) is 8.78. The Morgan fingerprint density at radius 3 is 2.55 bits per heavy atom. The average molecular weight is 336 g/mol. The van der Waals surface area contributed by atoms with E-state index in [4.69, 9.17) is 4.74 Å². The van der Waals surface area contributed by atoms with Crippen molar-refractivity contribution in [3.63, 3.8) is 0 Å². The van der Waals surface area contributed by atoms with Gasteiger partial charge in [0.1, 0.15) is 22.0 Å². The van der Waals surface area contributed by atoms with E-state index < -0.39 is 0 Å². The molecule has 20 heavy (non-hydrogen) atoms. The predicted molar refractivity (Wildman–Crippen MR) is 84.1 cm³/mol. The number of nitrogens with one attached hydrogen (secondary N) is 1. The Bertz CT molecular complexity index is 572. The highest BCUT2D eigenvalue weighted by Crippen LogP contribution is 2.22. The molecule has 1 aromatic carbocycles. The molecule has 2 aromatic rings. The predicted octanol–water partition coefficient (Wildman–Crippen LogP) is 3.98. The number of nitrogens with zero attached hydrogens (tertiary/aromatic N) is 2. The highest BCUT2D eigenvalue weighted by Gasteiger charge is 2.08. The first kappa shape index (κ1) is 14.8. The van der Waals surface area contributed by atoms with E-state index >= 15 is 0 Å². The lowest BCUT2D eigenvalue weighted by Gasteiger charge is -2.16. The van der Waals surface area contributed by atoms with Crippen LogP contribution < -0.4 is 10.1 Å². The van der Waals surface area contributed by atoms with Crippen LogP contribution in [0.15, 0.2) is 34.9 Å². The molecular weight excluding hydrogens is 318 g/mol. The fourth-order valence-electron chi connectivity index (χ4n) is 1.89. The number of hydrogen-bond acceptors (Lipinski definition) is 4. The molecule has 0 saturated heterocycles. The molecule has 1 aromatic heterocycles. The van der Waals surface area contributed by atoms with Gasteiger partial charge in [-0.25, -0.2) is 9.97 Å². The second kappa shape index (κ2) is 6.70. The topological polar surface area (TPSA) is 47.0 Å². The minimum Gasteiger partial charge on any atom is -0.497 e. The zero-order valence-electron chi connectivity index (χ0n) is 11.9. The summed E-state index contributed by atoms with van der Waals surface area (Å²) < 4.78 is 5.97. The van der Waals surface area contributed by atoms with Gasteiger partial charge in [0.25, 0.3) is 0 Å². The zero-order chi connectivity index (χ0) is 14.5. The number of aromatic nitrogens is 2. The molecule has 2 rings (SSSR count). The van der Waals surface area contributed by atoms with Crippen LogP contribution in [0.3, 0.4) is 0 Å². The monoisotopic (exact) mass is 335 g/mol. The highest BCUT2D eigenvalue weighted by molar-refractivity contribution is 9.10. The number of aryl methyl sites for hydroxylation is 1. The molecule has 0 aliphatic rings. The van der Waals surface area contributed by atoms with Crippen LogP contribution in [0.5, 0.6) is 5.75 Å². The van der Waals surface area contributed by atoms with Crippen molar-refractivity contribution in [1.82, 2.24) is 9.97 Å². The van der Waals surface area contributed by atoms with Crippen LogP contribution in [0.4, 0.5) is 5.82 Å². The normalized spacial score (nSPS) is 12.0. The largest absolute Gasteiger partial charge is 0.497 e. The molecule has 0 aliphatic carbocycles. The molecule has 0 amide bonds. The summed E-state index contributed by atoms with van der Waals surface area (Å²) in [6.07, 6.45) is 0.811. The third-order valence-corrected chi connectivity index (χ3v) is 3.44. The first-order valence-corrected chi connectivity index (χ1v) is 7.35. The molecule has 0 fully saturated rings. The van der Waals surface area contributed by atoms with E-state index in [2.05, 4.69) is 38.1 Å². The van der Waals surface area contributed by atoms with Gasteiger partial charge in [-0.1, -0.05) is 19.1 Å². The fourth-order valence-corrected chi connectivity index (χ4v) is 2.32. The molecule has 0 aliphatic heterocycles. The minimum atomic E-state index is 0.160. The van der Waals surface area contributed by atoms with Crippen LogP contribution in [-0.2, 0) is 6.42 Å². The summed E-state index contributed by atoms with van der Waals surface area (Å²) in [7, 11) is 1.67. The van der Waals surface area contributed by atoms with E-state index in [-0.39, 0.29) is 6.04 Å². The Balaban J connectivity index is 2.13. The summed E-state index contributed by atoms with van der Waals surface area (Å²) in [5.74, 6) is 2.51. The van der Waals surface area contributed by atoms with Crippen molar-refractivity contribution in [2.45, 2.75) is 26.3 Å². The molecule has 1 N–H and O–H groups in total. The van der Waals surface area contributed by atoms with Gasteiger partial charge in [0.2, 0.25) is 0 Å². The van der Waals surface area contributed by atoms with E-state index in [9.17, 15) is 0 Å². The van der Waals surface area contributed by atoms with Crippen molar-refractivity contribution in [3.05, 3.63) is 46.3 Å². The Morgan fingerprint density at radius 2 is 1.95 bits per heavy atom. The highest BCUT2D eigenvalue weighted by atomic mass is 79.9. The number of hydrogen-bond donors (Lipinski definition) is 1. The summed E-state index contributed by atoms with van der Waals surface area (Å²) in [6.45, 7) is 4.14. The van der Waals surface area contributed by atoms with Crippen LogP contribution in [0, 0.1) is 0 Å². The van der Waals surface area contributed by atoms with E-state index in [1.165, 1.54) is 5.56 Å². The van der Waals surface area contributed by atoms with Crippen molar-refractivity contribution >= 4 is 21.7 Å². The Hall–Kier alpha value is -1.62. The van der Waals surface area contributed by atoms with Gasteiger partial charge >= 0.3 is 0 Å². The van der Waals surface area contributed by atoms with E-state index in [1.807, 2.05) is 37.3 Å². The first-order chi connectivity index (χ1) is 9.62. The number of benzene rings is 1. The van der Waals surface area contributed by atoms with Gasteiger partial charge in [-0.15, -0.1) is 0 Å². The van der Waals surface area contributed by atoms with Crippen molar-refractivity contribution < 1.29 is 4.74 Å². The molecule has 1 heterocycles. The van der Waals surface area contributed by atoms with Crippen LogP contribution in [0.25, 0.3) is 0 Å². The average Bonchev–Trinajstić information content (AvgIpc) is 2.46. The van der Waals surface area contributed by atoms with Crippen molar-refractivity contribution in [2.75, 3.05) is 12.4 Å². The van der Waals surface area contributed by atoms with E-state index in [1.54, 1.807) is 7.11 Å². The van der Waals surface area contributed by atoms with Gasteiger partial charge < -0.3 is 10.1 Å². The smallest absolute Gasteiger partial charge is 0.131 e. The second-order valence-corrected chi connectivity index (χ2v) is 5.30. The number of anilines is 1. The Labute approximate surface area is 127 Å². The standard InChI is InChI=1S/C15H18BrN3O/c1-4-14-18-13(16)9-15(19-14)17-10(2)11-5-7-12(20-3)8-6-11/h5-10H,4H2,1-3H3,(H,17,18,19). The molecule has 0 radical (unpaired) electrons. The molecule has 1 unspecified atom stereocenters. The summed E-state index contributed by atoms with van der Waals surface area (Å²) in [5.41, 5.74) is 1.18. The molecule has 0 spiro atoms. The van der Waals surface area contributed by atoms with Crippen LogP contribution >= 0.6 is 15.9 Å². The second-order valence-electron chi connectivity index (χ2n) is 4.48. The van der Waals surface area contributed by atoms with Gasteiger partial charge in [-0.2, -0.15) is 0 Å². The number of methoxy groups -OCH3 is 1. The van der Waals surface area contributed by atoms with Gasteiger partial charge in [0.05, 0.1) is 7.11 Å². The van der Waals surface area contributed by atoms with E-state index in [0.29, 0.717) is 0 Å². The van der Waals surface area contributed by atoms with Crippen molar-refractivity contribution in [3.8, 4) is 5.75 Å². The quantitative estimate of drug-likeness (QED) is 0.839. The minimum absolute atomic E-state index is 0.160. The maximum absolute atomic E-state index is 5.17. The van der Waals surface area contributed by atoms with Gasteiger partial charge in [0, 0.05) is 18.5 Å². The molecule has 0 bridgehead atoms. The Morgan fingerprint density at radius 1 is 1.25 bits per heavy atom. The molecule has 4 nitrogen and oxygen atoms in total. The van der Waals surface area contributed by atoms with Crippen LogP contribution in [0.1, 0.15) is 31.3 Å². The SMILES string of the molecule is CCc1nc(Br)cc(NC(C)c2ccc(OC)cc2)n1. The lowest BCUT2D eigenvalue weighted by Crippen LogP contribution is -2.09. The Kier molecular flexibility index (Phi) is 4.95. The summed E-state index contributed by atoms with van der Waals surface area (Å²) in [6, 6.07) is 10.1. The summed E-state index contributed by atoms with van der Waals surface area (Å²) in [5, 5.41) is 3.39. The lowest BCUT2D eigenvalue weighted by atomic mass is 10.1. The molecule has 1 atom stereocenters. The lowest BCUT2D eigenvalue weighted by molar-refractivity contribution is 0.414. The number of halogens is 1. The van der Waals surface area contributed by atoms with Crippen molar-refractivity contribution in [2.24, 2.45) is 0 Å². The van der Waals surface area contributed by atoms with Gasteiger partial charge in [0.15, 0.2) is 0 Å². The molecule has 106 valence electrons. The van der Waals surface area contributed by atoms with Crippen LogP contribution in [-0.4, -0.2) is 17.1 Å². The zero-order valence-corrected chi connectivity index (χ0v) is 13.4. The van der Waals surface area contributed by atoms with E-state index in [0.717, 1.165) is 28.4 Å². The summed E-state index contributed by atoms with van der Waals surface area (Å²) >= 11 is 3.41. The van der Waals surface area contributed by atoms with Gasteiger partial charge in [-0.3, -0.25) is 0 Å². The third kappa shape index (κ3) is 3.70.